The third-order valence-corrected chi connectivity index (χ3v) is 4.68. The zero-order chi connectivity index (χ0) is 19.9. The van der Waals surface area contributed by atoms with Crippen LogP contribution in [0.4, 0.5) is 10.8 Å². The molecule has 8 heteroatoms. The van der Waals surface area contributed by atoms with E-state index in [1.54, 1.807) is 12.1 Å². The summed E-state index contributed by atoms with van der Waals surface area (Å²) in [5, 5.41) is 13.5. The quantitative estimate of drug-likeness (QED) is 0.322. The molecule has 0 aliphatic rings. The minimum atomic E-state index is -0.547. The van der Waals surface area contributed by atoms with Crippen molar-refractivity contribution in [3.8, 4) is 17.0 Å². The predicted molar refractivity (Wildman–Crippen MR) is 109 cm³/mol. The van der Waals surface area contributed by atoms with Gasteiger partial charge in [0.1, 0.15) is 0 Å². The molecule has 1 amide bonds. The largest absolute Gasteiger partial charge is 0.477 e. The monoisotopic (exact) mass is 395 g/mol. The van der Waals surface area contributed by atoms with Gasteiger partial charge >= 0.3 is 5.69 Å². The molecule has 0 atom stereocenters. The fourth-order valence-electron chi connectivity index (χ4n) is 2.49. The minimum Gasteiger partial charge on any atom is -0.477 e. The second-order valence-corrected chi connectivity index (χ2v) is 6.52. The summed E-state index contributed by atoms with van der Waals surface area (Å²) in [6.45, 7) is 3.58. The summed E-state index contributed by atoms with van der Waals surface area (Å²) in [7, 11) is 0. The van der Waals surface area contributed by atoms with Gasteiger partial charge in [-0.05, 0) is 6.07 Å². The summed E-state index contributed by atoms with van der Waals surface area (Å²) in [4.78, 5) is 29.2. The van der Waals surface area contributed by atoms with E-state index >= 15 is 0 Å². The van der Waals surface area contributed by atoms with E-state index in [0.717, 1.165) is 11.3 Å². The van der Waals surface area contributed by atoms with Crippen molar-refractivity contribution in [2.24, 2.45) is 0 Å². The van der Waals surface area contributed by atoms with Crippen LogP contribution in [0.5, 0.6) is 5.75 Å². The van der Waals surface area contributed by atoms with Gasteiger partial charge in [-0.15, -0.1) is 17.9 Å². The molecule has 0 saturated carbocycles. The van der Waals surface area contributed by atoms with Crippen LogP contribution in [0.1, 0.15) is 0 Å². The standard InChI is InChI=1S/C20H17N3O4S/c1-2-12-22(20-21-16(14-28-20)15-8-4-3-5-9-15)19(24)13-27-18-11-7-6-10-17(18)23(25)26/h2-11,14H,1,12-13H2. The number of aromatic nitrogens is 1. The van der Waals surface area contributed by atoms with Crippen LogP contribution in [0.15, 0.2) is 72.6 Å². The Hall–Kier alpha value is -3.52. The van der Waals surface area contributed by atoms with Crippen molar-refractivity contribution in [1.82, 2.24) is 4.98 Å². The summed E-state index contributed by atoms with van der Waals surface area (Å²) >= 11 is 1.33. The first-order valence-electron chi connectivity index (χ1n) is 8.38. The van der Waals surface area contributed by atoms with Gasteiger partial charge in [0.15, 0.2) is 17.5 Å². The van der Waals surface area contributed by atoms with Crippen LogP contribution in [0.2, 0.25) is 0 Å². The zero-order valence-electron chi connectivity index (χ0n) is 14.9. The molecule has 142 valence electrons. The van der Waals surface area contributed by atoms with E-state index in [1.807, 2.05) is 35.7 Å². The molecule has 0 saturated heterocycles. The number of amides is 1. The number of carbonyl (C=O) groups excluding carboxylic acids is 1. The summed E-state index contributed by atoms with van der Waals surface area (Å²) in [5.41, 5.74) is 1.53. The van der Waals surface area contributed by atoms with Crippen molar-refractivity contribution in [2.45, 2.75) is 0 Å². The van der Waals surface area contributed by atoms with E-state index in [0.29, 0.717) is 5.13 Å². The van der Waals surface area contributed by atoms with Gasteiger partial charge in [-0.3, -0.25) is 19.8 Å². The SMILES string of the molecule is C=CCN(C(=O)COc1ccccc1[N+](=O)[O-])c1nc(-c2ccccc2)cs1. The molecule has 0 aliphatic carbocycles. The van der Waals surface area contributed by atoms with Gasteiger partial charge in [0.25, 0.3) is 5.91 Å². The average molecular weight is 395 g/mol. The van der Waals surface area contributed by atoms with Gasteiger partial charge in [-0.1, -0.05) is 48.5 Å². The Morgan fingerprint density at radius 3 is 2.64 bits per heavy atom. The Morgan fingerprint density at radius 1 is 1.21 bits per heavy atom. The van der Waals surface area contributed by atoms with Gasteiger partial charge in [0.05, 0.1) is 10.6 Å². The summed E-state index contributed by atoms with van der Waals surface area (Å²) in [5.74, 6) is -0.324. The highest BCUT2D eigenvalue weighted by molar-refractivity contribution is 7.14. The lowest BCUT2D eigenvalue weighted by molar-refractivity contribution is -0.385. The summed E-state index contributed by atoms with van der Waals surface area (Å²) < 4.78 is 5.41. The van der Waals surface area contributed by atoms with E-state index in [1.165, 1.54) is 34.4 Å². The maximum absolute atomic E-state index is 12.7. The Balaban J connectivity index is 1.76. The predicted octanol–water partition coefficient (Wildman–Crippen LogP) is 4.32. The van der Waals surface area contributed by atoms with Gasteiger partial charge in [0, 0.05) is 23.6 Å². The van der Waals surface area contributed by atoms with Crippen LogP contribution in [0, 0.1) is 10.1 Å². The van der Waals surface area contributed by atoms with Crippen molar-refractivity contribution < 1.29 is 14.5 Å². The van der Waals surface area contributed by atoms with Crippen LogP contribution in [-0.4, -0.2) is 29.0 Å². The topological polar surface area (TPSA) is 85.6 Å². The molecule has 0 unspecified atom stereocenters. The number of nitro groups is 1. The molecule has 3 aromatic rings. The third-order valence-electron chi connectivity index (χ3n) is 3.82. The van der Waals surface area contributed by atoms with Gasteiger partial charge < -0.3 is 4.74 Å². The zero-order valence-corrected chi connectivity index (χ0v) is 15.7. The number of hydrogen-bond donors (Lipinski definition) is 0. The molecular weight excluding hydrogens is 378 g/mol. The second kappa shape index (κ2) is 8.92. The van der Waals surface area contributed by atoms with Crippen molar-refractivity contribution in [1.29, 1.82) is 0 Å². The van der Waals surface area contributed by atoms with Crippen LogP contribution in [0.25, 0.3) is 11.3 Å². The molecule has 7 nitrogen and oxygen atoms in total. The van der Waals surface area contributed by atoms with Crippen molar-refractivity contribution in [3.05, 3.63) is 82.7 Å². The lowest BCUT2D eigenvalue weighted by atomic mass is 10.2. The molecule has 0 spiro atoms. The average Bonchev–Trinajstić information content (AvgIpc) is 3.21. The lowest BCUT2D eigenvalue weighted by Gasteiger charge is -2.18. The number of ether oxygens (including phenoxy) is 1. The number of nitro benzene ring substituents is 1. The molecule has 1 aromatic heterocycles. The molecule has 2 aromatic carbocycles. The maximum Gasteiger partial charge on any atom is 0.310 e. The second-order valence-electron chi connectivity index (χ2n) is 5.69. The first-order valence-corrected chi connectivity index (χ1v) is 9.26. The van der Waals surface area contributed by atoms with E-state index < -0.39 is 4.92 Å². The molecule has 28 heavy (non-hydrogen) atoms. The number of nitrogens with zero attached hydrogens (tertiary/aromatic N) is 3. The van der Waals surface area contributed by atoms with Crippen LogP contribution < -0.4 is 9.64 Å². The molecule has 0 fully saturated rings. The summed E-state index contributed by atoms with van der Waals surface area (Å²) in [6, 6.07) is 15.6. The fourth-order valence-corrected chi connectivity index (χ4v) is 3.35. The molecule has 3 rings (SSSR count). The van der Waals surface area contributed by atoms with Crippen LogP contribution in [0.3, 0.4) is 0 Å². The van der Waals surface area contributed by atoms with E-state index in [2.05, 4.69) is 11.6 Å². The smallest absolute Gasteiger partial charge is 0.310 e. The minimum absolute atomic E-state index is 0.0449. The Kier molecular flexibility index (Phi) is 6.13. The number of thiazole rings is 1. The summed E-state index contributed by atoms with van der Waals surface area (Å²) in [6.07, 6.45) is 1.59. The first-order chi connectivity index (χ1) is 13.6. The van der Waals surface area contributed by atoms with Crippen molar-refractivity contribution in [3.63, 3.8) is 0 Å². The Bertz CT molecular complexity index is 988. The highest BCUT2D eigenvalue weighted by atomic mass is 32.1. The third kappa shape index (κ3) is 4.41. The van der Waals surface area contributed by atoms with Gasteiger partial charge in [0.2, 0.25) is 0 Å². The fraction of sp³-hybridized carbons (Fsp3) is 0.100. The maximum atomic E-state index is 12.7. The Morgan fingerprint density at radius 2 is 1.93 bits per heavy atom. The highest BCUT2D eigenvalue weighted by Crippen LogP contribution is 2.28. The molecular formula is C20H17N3O4S. The number of para-hydroxylation sites is 2. The van der Waals surface area contributed by atoms with E-state index in [-0.39, 0.29) is 30.5 Å². The molecule has 0 radical (unpaired) electrons. The number of rotatable bonds is 8. The van der Waals surface area contributed by atoms with Gasteiger partial charge in [-0.25, -0.2) is 4.98 Å². The number of anilines is 1. The van der Waals surface area contributed by atoms with Crippen LogP contribution >= 0.6 is 11.3 Å². The molecule has 0 aliphatic heterocycles. The van der Waals surface area contributed by atoms with Crippen molar-refractivity contribution >= 4 is 28.1 Å². The highest BCUT2D eigenvalue weighted by Gasteiger charge is 2.21. The van der Waals surface area contributed by atoms with E-state index in [9.17, 15) is 14.9 Å². The molecule has 0 bridgehead atoms. The first kappa shape index (κ1) is 19.2. The lowest BCUT2D eigenvalue weighted by Crippen LogP contribution is -2.35. The van der Waals surface area contributed by atoms with E-state index in [4.69, 9.17) is 4.74 Å². The number of benzene rings is 2. The normalized spacial score (nSPS) is 10.3. The van der Waals surface area contributed by atoms with Crippen molar-refractivity contribution in [2.75, 3.05) is 18.1 Å². The number of hydrogen-bond acceptors (Lipinski definition) is 6. The molecule has 1 heterocycles. The molecule has 0 N–H and O–H groups in total. The number of carbonyl (C=O) groups is 1. The van der Waals surface area contributed by atoms with Crippen LogP contribution in [-0.2, 0) is 4.79 Å². The van der Waals surface area contributed by atoms with Gasteiger partial charge in [-0.2, -0.15) is 0 Å². The Labute approximate surface area is 165 Å².